The van der Waals surface area contributed by atoms with Gasteiger partial charge in [0.25, 0.3) is 5.89 Å². The SMILES string of the molecule is CCc1nn(C)cc1-c1nc(C(N)COC(C)C)no1. The van der Waals surface area contributed by atoms with Gasteiger partial charge in [-0.25, -0.2) is 0 Å². The average Bonchev–Trinajstić information content (AvgIpc) is 3.01. The van der Waals surface area contributed by atoms with Crippen LogP contribution in [0.15, 0.2) is 10.7 Å². The van der Waals surface area contributed by atoms with E-state index in [0.717, 1.165) is 17.7 Å². The summed E-state index contributed by atoms with van der Waals surface area (Å²) in [6.45, 7) is 6.31. The lowest BCUT2D eigenvalue weighted by Gasteiger charge is -2.10. The molecule has 0 aliphatic carbocycles. The molecule has 0 aliphatic heterocycles. The first-order valence-electron chi connectivity index (χ1n) is 6.75. The average molecular weight is 279 g/mol. The van der Waals surface area contributed by atoms with Crippen molar-refractivity contribution in [1.29, 1.82) is 0 Å². The Kier molecular flexibility index (Phi) is 4.51. The molecule has 0 aromatic carbocycles. The number of hydrogen-bond donors (Lipinski definition) is 1. The predicted octanol–water partition coefficient (Wildman–Crippen LogP) is 1.46. The first kappa shape index (κ1) is 14.7. The number of hydrogen-bond acceptors (Lipinski definition) is 6. The van der Waals surface area contributed by atoms with Crippen molar-refractivity contribution in [3.8, 4) is 11.5 Å². The molecule has 2 rings (SSSR count). The second-order valence-electron chi connectivity index (χ2n) is 4.96. The van der Waals surface area contributed by atoms with Gasteiger partial charge >= 0.3 is 0 Å². The Morgan fingerprint density at radius 3 is 2.85 bits per heavy atom. The number of nitrogens with two attached hydrogens (primary N) is 1. The van der Waals surface area contributed by atoms with Crippen LogP contribution in [0.1, 0.15) is 38.3 Å². The zero-order valence-corrected chi connectivity index (χ0v) is 12.3. The Morgan fingerprint density at radius 2 is 2.20 bits per heavy atom. The van der Waals surface area contributed by atoms with Gasteiger partial charge in [0.05, 0.1) is 30.0 Å². The Labute approximate surface area is 118 Å². The van der Waals surface area contributed by atoms with Gasteiger partial charge in [-0.3, -0.25) is 4.68 Å². The third kappa shape index (κ3) is 3.23. The maximum atomic E-state index is 5.98. The molecular formula is C13H21N5O2. The van der Waals surface area contributed by atoms with E-state index in [9.17, 15) is 0 Å². The minimum atomic E-state index is -0.392. The molecule has 7 nitrogen and oxygen atoms in total. The third-order valence-corrected chi connectivity index (χ3v) is 2.85. The number of nitrogens with zero attached hydrogens (tertiary/aromatic N) is 4. The summed E-state index contributed by atoms with van der Waals surface area (Å²) >= 11 is 0. The predicted molar refractivity (Wildman–Crippen MR) is 73.9 cm³/mol. The van der Waals surface area contributed by atoms with Crippen molar-refractivity contribution >= 4 is 0 Å². The molecule has 0 fully saturated rings. The highest BCUT2D eigenvalue weighted by molar-refractivity contribution is 5.55. The summed E-state index contributed by atoms with van der Waals surface area (Å²) in [6.07, 6.45) is 2.79. The molecule has 0 aliphatic rings. The number of aryl methyl sites for hydroxylation is 2. The monoisotopic (exact) mass is 279 g/mol. The third-order valence-electron chi connectivity index (χ3n) is 2.85. The van der Waals surface area contributed by atoms with Gasteiger partial charge in [-0.2, -0.15) is 10.1 Å². The fourth-order valence-electron chi connectivity index (χ4n) is 1.84. The normalized spacial score (nSPS) is 13.1. The zero-order chi connectivity index (χ0) is 14.7. The lowest BCUT2D eigenvalue weighted by Crippen LogP contribution is -2.20. The first-order valence-corrected chi connectivity index (χ1v) is 6.75. The molecule has 2 aromatic heterocycles. The summed E-state index contributed by atoms with van der Waals surface area (Å²) in [5, 5.41) is 8.28. The van der Waals surface area contributed by atoms with Crippen molar-refractivity contribution in [2.24, 2.45) is 12.8 Å². The Bertz CT molecular complexity index is 561. The second kappa shape index (κ2) is 6.15. The highest BCUT2D eigenvalue weighted by Gasteiger charge is 2.19. The van der Waals surface area contributed by atoms with Crippen LogP contribution in [-0.2, 0) is 18.2 Å². The fraction of sp³-hybridized carbons (Fsp3) is 0.615. The Morgan fingerprint density at radius 1 is 1.45 bits per heavy atom. The van der Waals surface area contributed by atoms with Crippen molar-refractivity contribution in [2.75, 3.05) is 6.61 Å². The fourth-order valence-corrected chi connectivity index (χ4v) is 1.84. The van der Waals surface area contributed by atoms with E-state index in [-0.39, 0.29) is 6.10 Å². The van der Waals surface area contributed by atoms with Gasteiger partial charge in [-0.15, -0.1) is 0 Å². The van der Waals surface area contributed by atoms with Crippen LogP contribution in [0.4, 0.5) is 0 Å². The molecule has 0 bridgehead atoms. The van der Waals surface area contributed by atoms with Gasteiger partial charge < -0.3 is 15.0 Å². The van der Waals surface area contributed by atoms with E-state index < -0.39 is 6.04 Å². The van der Waals surface area contributed by atoms with Crippen molar-refractivity contribution in [2.45, 2.75) is 39.3 Å². The van der Waals surface area contributed by atoms with E-state index in [1.54, 1.807) is 4.68 Å². The molecule has 2 aromatic rings. The highest BCUT2D eigenvalue weighted by atomic mass is 16.5. The Balaban J connectivity index is 2.15. The van der Waals surface area contributed by atoms with E-state index in [2.05, 4.69) is 15.2 Å². The zero-order valence-electron chi connectivity index (χ0n) is 12.3. The van der Waals surface area contributed by atoms with E-state index in [1.807, 2.05) is 34.0 Å². The van der Waals surface area contributed by atoms with Crippen molar-refractivity contribution in [3.63, 3.8) is 0 Å². The molecule has 7 heteroatoms. The highest BCUT2D eigenvalue weighted by Crippen LogP contribution is 2.22. The minimum absolute atomic E-state index is 0.123. The van der Waals surface area contributed by atoms with Gasteiger partial charge in [-0.1, -0.05) is 12.1 Å². The summed E-state index contributed by atoms with van der Waals surface area (Å²) in [6, 6.07) is -0.392. The molecular weight excluding hydrogens is 258 g/mol. The second-order valence-corrected chi connectivity index (χ2v) is 4.96. The van der Waals surface area contributed by atoms with Crippen molar-refractivity contribution in [1.82, 2.24) is 19.9 Å². The maximum Gasteiger partial charge on any atom is 0.261 e. The van der Waals surface area contributed by atoms with E-state index in [0.29, 0.717) is 18.3 Å². The summed E-state index contributed by atoms with van der Waals surface area (Å²) in [4.78, 5) is 4.34. The number of aromatic nitrogens is 4. The maximum absolute atomic E-state index is 5.98. The lowest BCUT2D eigenvalue weighted by molar-refractivity contribution is 0.0665. The lowest BCUT2D eigenvalue weighted by atomic mass is 10.2. The molecule has 0 radical (unpaired) electrons. The van der Waals surface area contributed by atoms with Gasteiger partial charge in [0.1, 0.15) is 0 Å². The van der Waals surface area contributed by atoms with Crippen LogP contribution in [0.25, 0.3) is 11.5 Å². The van der Waals surface area contributed by atoms with Crippen LogP contribution in [0, 0.1) is 0 Å². The summed E-state index contributed by atoms with van der Waals surface area (Å²) in [5.74, 6) is 0.900. The molecule has 1 atom stereocenters. The smallest absolute Gasteiger partial charge is 0.261 e. The van der Waals surface area contributed by atoms with Crippen LogP contribution in [-0.4, -0.2) is 32.6 Å². The molecule has 2 heterocycles. The molecule has 0 saturated heterocycles. The molecule has 0 spiro atoms. The van der Waals surface area contributed by atoms with Gasteiger partial charge in [0.15, 0.2) is 5.82 Å². The molecule has 0 saturated carbocycles. The number of rotatable bonds is 6. The molecule has 20 heavy (non-hydrogen) atoms. The summed E-state index contributed by atoms with van der Waals surface area (Å²) in [5.41, 5.74) is 7.76. The van der Waals surface area contributed by atoms with Crippen LogP contribution in [0.2, 0.25) is 0 Å². The summed E-state index contributed by atoms with van der Waals surface area (Å²) in [7, 11) is 1.86. The van der Waals surface area contributed by atoms with Gasteiger partial charge in [-0.05, 0) is 20.3 Å². The quantitative estimate of drug-likeness (QED) is 0.860. The van der Waals surface area contributed by atoms with Crippen LogP contribution in [0.3, 0.4) is 0 Å². The van der Waals surface area contributed by atoms with E-state index in [1.165, 1.54) is 0 Å². The van der Waals surface area contributed by atoms with Gasteiger partial charge in [0.2, 0.25) is 0 Å². The molecule has 110 valence electrons. The van der Waals surface area contributed by atoms with E-state index >= 15 is 0 Å². The standard InChI is InChI=1S/C13H21N5O2/c1-5-11-9(6-18(4)16-11)13-15-12(17-20-13)10(14)7-19-8(2)3/h6,8,10H,5,7,14H2,1-4H3. The minimum Gasteiger partial charge on any atom is -0.377 e. The van der Waals surface area contributed by atoms with Crippen molar-refractivity contribution < 1.29 is 9.26 Å². The number of ether oxygens (including phenoxy) is 1. The van der Waals surface area contributed by atoms with Crippen LogP contribution in [0.5, 0.6) is 0 Å². The topological polar surface area (TPSA) is 92.0 Å². The van der Waals surface area contributed by atoms with Crippen LogP contribution < -0.4 is 5.73 Å². The largest absolute Gasteiger partial charge is 0.377 e. The van der Waals surface area contributed by atoms with Crippen molar-refractivity contribution in [3.05, 3.63) is 17.7 Å². The molecule has 2 N–H and O–H groups in total. The molecule has 0 amide bonds. The Hall–Kier alpha value is -1.73. The molecule has 1 unspecified atom stereocenters. The van der Waals surface area contributed by atoms with Gasteiger partial charge in [0, 0.05) is 13.2 Å². The summed E-state index contributed by atoms with van der Waals surface area (Å²) < 4.78 is 12.5. The van der Waals surface area contributed by atoms with Crippen LogP contribution >= 0.6 is 0 Å². The first-order chi connectivity index (χ1) is 9.51. The van der Waals surface area contributed by atoms with E-state index in [4.69, 9.17) is 15.0 Å².